The van der Waals surface area contributed by atoms with Gasteiger partial charge in [0.2, 0.25) is 0 Å². The molecule has 0 radical (unpaired) electrons. The zero-order valence-electron chi connectivity index (χ0n) is 11.5. The van der Waals surface area contributed by atoms with Crippen LogP contribution in [0.15, 0.2) is 42.5 Å². The molecule has 2 aromatic rings. The molecule has 0 bridgehead atoms. The fraction of sp³-hybridized carbons (Fsp3) is 0.188. The number of hydrogen-bond donors (Lipinski definition) is 0. The van der Waals surface area contributed by atoms with E-state index in [0.29, 0.717) is 6.07 Å². The van der Waals surface area contributed by atoms with Crippen LogP contribution in [0.4, 0.5) is 26.3 Å². The van der Waals surface area contributed by atoms with E-state index in [1.807, 2.05) is 0 Å². The lowest BCUT2D eigenvalue weighted by Gasteiger charge is -2.18. The first-order valence-electron chi connectivity index (χ1n) is 6.38. The molecule has 7 heteroatoms. The van der Waals surface area contributed by atoms with E-state index in [2.05, 4.69) is 0 Å². The molecule has 0 atom stereocenters. The van der Waals surface area contributed by atoms with Crippen molar-refractivity contribution in [2.24, 2.45) is 0 Å². The summed E-state index contributed by atoms with van der Waals surface area (Å²) in [5, 5.41) is 8.57. The first-order valence-corrected chi connectivity index (χ1v) is 6.38. The summed E-state index contributed by atoms with van der Waals surface area (Å²) in [6, 6.07) is 8.71. The maximum absolute atomic E-state index is 13.2. The normalized spacial score (nSPS) is 12.0. The van der Waals surface area contributed by atoms with Crippen molar-refractivity contribution in [2.45, 2.75) is 18.8 Å². The third-order valence-electron chi connectivity index (χ3n) is 3.20. The Labute approximate surface area is 127 Å². The van der Waals surface area contributed by atoms with Gasteiger partial charge in [0.1, 0.15) is 0 Å². The second-order valence-corrected chi connectivity index (χ2v) is 4.76. The Morgan fingerprint density at radius 2 is 1.35 bits per heavy atom. The average molecular weight is 329 g/mol. The van der Waals surface area contributed by atoms with Gasteiger partial charge in [0.25, 0.3) is 0 Å². The van der Waals surface area contributed by atoms with Crippen LogP contribution in [0, 0.1) is 11.3 Å². The minimum absolute atomic E-state index is 0.0908. The number of nitrogens with zero attached hydrogens (tertiary/aromatic N) is 1. The van der Waals surface area contributed by atoms with E-state index >= 15 is 0 Å². The van der Waals surface area contributed by atoms with Crippen molar-refractivity contribution in [1.82, 2.24) is 0 Å². The summed E-state index contributed by atoms with van der Waals surface area (Å²) < 4.78 is 78.8. The molecule has 1 nitrogen and oxygen atoms in total. The van der Waals surface area contributed by atoms with Gasteiger partial charge < -0.3 is 0 Å². The zero-order valence-corrected chi connectivity index (χ0v) is 11.5. The number of halogens is 6. The molecule has 0 aliphatic carbocycles. The van der Waals surface area contributed by atoms with E-state index < -0.39 is 34.6 Å². The van der Waals surface area contributed by atoms with Crippen LogP contribution in [0.5, 0.6) is 0 Å². The largest absolute Gasteiger partial charge is 0.417 e. The van der Waals surface area contributed by atoms with Crippen molar-refractivity contribution in [3.8, 4) is 17.2 Å². The highest BCUT2D eigenvalue weighted by Crippen LogP contribution is 2.42. The van der Waals surface area contributed by atoms with Crippen molar-refractivity contribution in [3.05, 3.63) is 59.2 Å². The molecule has 0 amide bonds. The van der Waals surface area contributed by atoms with Crippen molar-refractivity contribution in [2.75, 3.05) is 0 Å². The molecule has 2 aromatic carbocycles. The molecule has 0 unspecified atom stereocenters. The lowest BCUT2D eigenvalue weighted by atomic mass is 9.93. The van der Waals surface area contributed by atoms with Crippen molar-refractivity contribution in [1.29, 1.82) is 5.26 Å². The van der Waals surface area contributed by atoms with Gasteiger partial charge in [0.05, 0.1) is 23.6 Å². The summed E-state index contributed by atoms with van der Waals surface area (Å²) in [5.74, 6) is 0. The predicted octanol–water partition coefficient (Wildman–Crippen LogP) is 5.46. The zero-order chi connectivity index (χ0) is 17.3. The summed E-state index contributed by atoms with van der Waals surface area (Å²) in [7, 11) is 0. The van der Waals surface area contributed by atoms with Gasteiger partial charge in [0.15, 0.2) is 0 Å². The summed E-state index contributed by atoms with van der Waals surface area (Å²) >= 11 is 0. The summed E-state index contributed by atoms with van der Waals surface area (Å²) in [4.78, 5) is 0. The second kappa shape index (κ2) is 5.95. The predicted molar refractivity (Wildman–Crippen MR) is 71.2 cm³/mol. The van der Waals surface area contributed by atoms with Crippen LogP contribution >= 0.6 is 0 Å². The Hall–Kier alpha value is -2.49. The number of benzene rings is 2. The molecule has 0 spiro atoms. The molecule has 120 valence electrons. The van der Waals surface area contributed by atoms with Crippen LogP contribution in [0.25, 0.3) is 11.1 Å². The number of hydrogen-bond acceptors (Lipinski definition) is 1. The van der Waals surface area contributed by atoms with Crippen molar-refractivity contribution in [3.63, 3.8) is 0 Å². The van der Waals surface area contributed by atoms with Crippen LogP contribution in [0.1, 0.15) is 16.7 Å². The smallest absolute Gasteiger partial charge is 0.198 e. The number of nitriles is 1. The monoisotopic (exact) mass is 329 g/mol. The topological polar surface area (TPSA) is 23.8 Å². The molecule has 23 heavy (non-hydrogen) atoms. The average Bonchev–Trinajstić information content (AvgIpc) is 2.46. The Balaban J connectivity index is 2.73. The van der Waals surface area contributed by atoms with Crippen LogP contribution < -0.4 is 0 Å². The number of rotatable bonds is 2. The molecule has 0 aliphatic heterocycles. The third-order valence-corrected chi connectivity index (χ3v) is 3.20. The van der Waals surface area contributed by atoms with Crippen molar-refractivity contribution >= 4 is 0 Å². The van der Waals surface area contributed by atoms with E-state index in [1.165, 1.54) is 12.1 Å². The fourth-order valence-electron chi connectivity index (χ4n) is 2.23. The first kappa shape index (κ1) is 16.9. The van der Waals surface area contributed by atoms with E-state index in [0.717, 1.165) is 24.3 Å². The summed E-state index contributed by atoms with van der Waals surface area (Å²) in [6.07, 6.45) is -9.87. The van der Waals surface area contributed by atoms with E-state index in [-0.39, 0.29) is 12.0 Å². The molecule has 0 N–H and O–H groups in total. The van der Waals surface area contributed by atoms with Gasteiger partial charge in [-0.1, -0.05) is 30.3 Å². The molecule has 0 heterocycles. The Morgan fingerprint density at radius 1 is 0.783 bits per heavy atom. The SMILES string of the molecule is N#CCc1ccc(-c2ccccc2C(F)(F)F)c(C(F)(F)F)c1. The molecule has 0 aliphatic rings. The fourth-order valence-corrected chi connectivity index (χ4v) is 2.23. The van der Waals surface area contributed by atoms with E-state index in [9.17, 15) is 26.3 Å². The Kier molecular flexibility index (Phi) is 4.37. The second-order valence-electron chi connectivity index (χ2n) is 4.76. The highest BCUT2D eigenvalue weighted by atomic mass is 19.4. The summed E-state index contributed by atoms with van der Waals surface area (Å²) in [6.45, 7) is 0. The lowest BCUT2D eigenvalue weighted by Crippen LogP contribution is -2.11. The molecular weight excluding hydrogens is 320 g/mol. The Morgan fingerprint density at radius 3 is 1.91 bits per heavy atom. The Bertz CT molecular complexity index is 752. The van der Waals surface area contributed by atoms with Gasteiger partial charge in [-0.2, -0.15) is 31.6 Å². The lowest BCUT2D eigenvalue weighted by molar-refractivity contribution is -0.139. The maximum atomic E-state index is 13.2. The maximum Gasteiger partial charge on any atom is 0.417 e. The van der Waals surface area contributed by atoms with Crippen molar-refractivity contribution < 1.29 is 26.3 Å². The highest BCUT2D eigenvalue weighted by molar-refractivity contribution is 5.72. The number of alkyl halides is 6. The van der Waals surface area contributed by atoms with Gasteiger partial charge in [-0.05, 0) is 28.8 Å². The van der Waals surface area contributed by atoms with Gasteiger partial charge in [-0.3, -0.25) is 0 Å². The quantitative estimate of drug-likeness (QED) is 0.671. The van der Waals surface area contributed by atoms with E-state index in [4.69, 9.17) is 5.26 Å². The van der Waals surface area contributed by atoms with Crippen LogP contribution in [-0.2, 0) is 18.8 Å². The molecule has 0 fully saturated rings. The van der Waals surface area contributed by atoms with Crippen LogP contribution in [0.2, 0.25) is 0 Å². The molecule has 2 rings (SSSR count). The minimum atomic E-state index is -4.83. The molecule has 0 saturated heterocycles. The molecule has 0 saturated carbocycles. The van der Waals surface area contributed by atoms with Gasteiger partial charge in [0, 0.05) is 0 Å². The summed E-state index contributed by atoms with van der Waals surface area (Å²) in [5.41, 5.74) is -3.35. The highest BCUT2D eigenvalue weighted by Gasteiger charge is 2.38. The van der Waals surface area contributed by atoms with Gasteiger partial charge in [-0.25, -0.2) is 0 Å². The van der Waals surface area contributed by atoms with E-state index in [1.54, 1.807) is 6.07 Å². The minimum Gasteiger partial charge on any atom is -0.198 e. The molecular formula is C16H9F6N. The van der Waals surface area contributed by atoms with Crippen LogP contribution in [-0.4, -0.2) is 0 Å². The third kappa shape index (κ3) is 3.65. The van der Waals surface area contributed by atoms with Gasteiger partial charge in [-0.15, -0.1) is 0 Å². The standard InChI is InChI=1S/C16H9F6N/c17-15(18,19)13-4-2-1-3-11(13)12-6-5-10(7-8-23)9-14(12)16(20,21)22/h1-6,9H,7H2. The molecule has 0 aromatic heterocycles. The first-order chi connectivity index (χ1) is 10.6. The van der Waals surface area contributed by atoms with Crippen LogP contribution in [0.3, 0.4) is 0 Å². The van der Waals surface area contributed by atoms with Gasteiger partial charge >= 0.3 is 12.4 Å².